The van der Waals surface area contributed by atoms with E-state index < -0.39 is 6.04 Å². The molecule has 2 amide bonds. The molecule has 2 aliphatic heterocycles. The molecule has 4 heterocycles. The largest absolute Gasteiger partial charge is 0.461 e. The summed E-state index contributed by atoms with van der Waals surface area (Å²) in [6.45, 7) is 2.53. The lowest BCUT2D eigenvalue weighted by atomic mass is 10.1. The Balaban J connectivity index is 1.56. The number of rotatable bonds is 3. The van der Waals surface area contributed by atoms with Crippen LogP contribution in [0.15, 0.2) is 27.3 Å². The van der Waals surface area contributed by atoms with E-state index >= 15 is 0 Å². The van der Waals surface area contributed by atoms with Gasteiger partial charge in [-0.2, -0.15) is 4.98 Å². The molecule has 2 aromatic heterocycles. The number of fused-ring (bicyclic) bond motifs is 1. The standard InChI is InChI=1S/C15H16N4O4/c1-9-14(20)18-6-2-4-10(18)15(21)19(9)8-12-16-13(17-23-12)11-5-3-7-22-11/h3,5,7,9-10H,2,4,6,8H2,1H3/t9-,10+/m0/s1. The molecule has 0 saturated carbocycles. The van der Waals surface area contributed by atoms with Crippen molar-refractivity contribution in [2.45, 2.75) is 38.4 Å². The second kappa shape index (κ2) is 5.22. The van der Waals surface area contributed by atoms with Gasteiger partial charge in [-0.15, -0.1) is 0 Å². The third kappa shape index (κ3) is 2.21. The van der Waals surface area contributed by atoms with Gasteiger partial charge in [0, 0.05) is 6.54 Å². The highest BCUT2D eigenvalue weighted by molar-refractivity contribution is 5.97. The van der Waals surface area contributed by atoms with Crippen molar-refractivity contribution in [3.05, 3.63) is 24.3 Å². The Labute approximate surface area is 132 Å². The predicted octanol–water partition coefficient (Wildman–Crippen LogP) is 1.05. The van der Waals surface area contributed by atoms with E-state index in [2.05, 4.69) is 10.1 Å². The van der Waals surface area contributed by atoms with Crippen molar-refractivity contribution in [2.24, 2.45) is 0 Å². The van der Waals surface area contributed by atoms with Crippen molar-refractivity contribution in [2.75, 3.05) is 6.54 Å². The maximum atomic E-state index is 12.6. The van der Waals surface area contributed by atoms with Gasteiger partial charge in [-0.05, 0) is 31.9 Å². The van der Waals surface area contributed by atoms with Crippen LogP contribution < -0.4 is 0 Å². The zero-order valence-corrected chi connectivity index (χ0v) is 12.6. The quantitative estimate of drug-likeness (QED) is 0.840. The van der Waals surface area contributed by atoms with Gasteiger partial charge in [-0.25, -0.2) is 0 Å². The van der Waals surface area contributed by atoms with Gasteiger partial charge in [0.05, 0.1) is 6.26 Å². The Kier molecular flexibility index (Phi) is 3.17. The Hall–Kier alpha value is -2.64. The molecule has 0 aromatic carbocycles. The topological polar surface area (TPSA) is 92.7 Å². The van der Waals surface area contributed by atoms with Crippen molar-refractivity contribution in [1.82, 2.24) is 19.9 Å². The molecule has 2 fully saturated rings. The first-order chi connectivity index (χ1) is 11.1. The number of hydrogen-bond donors (Lipinski definition) is 0. The van der Waals surface area contributed by atoms with Crippen LogP contribution in [0.5, 0.6) is 0 Å². The Morgan fingerprint density at radius 2 is 2.22 bits per heavy atom. The average Bonchev–Trinajstić information content (AvgIpc) is 3.29. The lowest BCUT2D eigenvalue weighted by Crippen LogP contribution is -2.61. The monoisotopic (exact) mass is 316 g/mol. The highest BCUT2D eigenvalue weighted by Crippen LogP contribution is 2.28. The van der Waals surface area contributed by atoms with Gasteiger partial charge < -0.3 is 18.7 Å². The maximum absolute atomic E-state index is 12.6. The van der Waals surface area contributed by atoms with Crippen molar-refractivity contribution in [3.63, 3.8) is 0 Å². The van der Waals surface area contributed by atoms with Crippen molar-refractivity contribution >= 4 is 11.8 Å². The van der Waals surface area contributed by atoms with Crippen LogP contribution in [0.25, 0.3) is 11.6 Å². The first-order valence-corrected chi connectivity index (χ1v) is 7.62. The van der Waals surface area contributed by atoms with Crippen LogP contribution in [-0.2, 0) is 16.1 Å². The third-order valence-electron chi connectivity index (χ3n) is 4.44. The molecule has 0 unspecified atom stereocenters. The smallest absolute Gasteiger partial charge is 0.246 e. The molecule has 2 aliphatic rings. The number of carbonyl (C=O) groups excluding carboxylic acids is 2. The zero-order valence-electron chi connectivity index (χ0n) is 12.6. The number of hydrogen-bond acceptors (Lipinski definition) is 6. The van der Waals surface area contributed by atoms with E-state index in [4.69, 9.17) is 8.94 Å². The Bertz CT molecular complexity index is 739. The predicted molar refractivity (Wildman–Crippen MR) is 76.7 cm³/mol. The van der Waals surface area contributed by atoms with E-state index in [1.807, 2.05) is 0 Å². The molecule has 2 atom stereocenters. The van der Waals surface area contributed by atoms with Gasteiger partial charge in [-0.1, -0.05) is 5.16 Å². The lowest BCUT2D eigenvalue weighted by Gasteiger charge is -2.40. The minimum absolute atomic E-state index is 0.0159. The van der Waals surface area contributed by atoms with Crippen LogP contribution in [0.1, 0.15) is 25.7 Å². The summed E-state index contributed by atoms with van der Waals surface area (Å²) in [6, 6.07) is 2.60. The summed E-state index contributed by atoms with van der Waals surface area (Å²) in [5.74, 6) is 1.05. The summed E-state index contributed by atoms with van der Waals surface area (Å²) in [5, 5.41) is 3.85. The zero-order chi connectivity index (χ0) is 16.0. The van der Waals surface area contributed by atoms with Crippen LogP contribution >= 0.6 is 0 Å². The fraction of sp³-hybridized carbons (Fsp3) is 0.467. The number of carbonyl (C=O) groups is 2. The SMILES string of the molecule is C[C@H]1C(=O)N2CCC[C@@H]2C(=O)N1Cc1nc(-c2ccco2)no1. The summed E-state index contributed by atoms with van der Waals surface area (Å²) in [5.41, 5.74) is 0. The second-order valence-electron chi connectivity index (χ2n) is 5.82. The number of aromatic nitrogens is 2. The fourth-order valence-electron chi connectivity index (χ4n) is 3.23. The molecular weight excluding hydrogens is 300 g/mol. The maximum Gasteiger partial charge on any atom is 0.246 e. The van der Waals surface area contributed by atoms with Gasteiger partial charge in [0.2, 0.25) is 23.5 Å². The highest BCUT2D eigenvalue weighted by atomic mass is 16.5. The molecule has 8 nitrogen and oxygen atoms in total. The lowest BCUT2D eigenvalue weighted by molar-refractivity contribution is -0.159. The molecule has 0 N–H and O–H groups in total. The molecule has 0 aliphatic carbocycles. The average molecular weight is 316 g/mol. The number of furan rings is 1. The normalized spacial score (nSPS) is 24.4. The molecule has 0 radical (unpaired) electrons. The van der Waals surface area contributed by atoms with E-state index in [0.717, 1.165) is 12.8 Å². The summed E-state index contributed by atoms with van der Waals surface area (Å²) in [4.78, 5) is 32.5. The van der Waals surface area contributed by atoms with Crippen molar-refractivity contribution in [3.8, 4) is 11.6 Å². The molecular formula is C15H16N4O4. The first kappa shape index (κ1) is 14.0. The van der Waals surface area contributed by atoms with Crippen molar-refractivity contribution < 1.29 is 18.5 Å². The van der Waals surface area contributed by atoms with Gasteiger partial charge in [-0.3, -0.25) is 9.59 Å². The minimum atomic E-state index is -0.518. The summed E-state index contributed by atoms with van der Waals surface area (Å²) in [7, 11) is 0. The van der Waals surface area contributed by atoms with Crippen LogP contribution in [0.2, 0.25) is 0 Å². The fourth-order valence-corrected chi connectivity index (χ4v) is 3.23. The Morgan fingerprint density at radius 1 is 1.35 bits per heavy atom. The molecule has 120 valence electrons. The van der Waals surface area contributed by atoms with E-state index in [0.29, 0.717) is 18.1 Å². The van der Waals surface area contributed by atoms with Gasteiger partial charge >= 0.3 is 0 Å². The summed E-state index contributed by atoms with van der Waals surface area (Å²) < 4.78 is 10.4. The number of nitrogens with zero attached hydrogens (tertiary/aromatic N) is 4. The molecule has 0 bridgehead atoms. The molecule has 0 spiro atoms. The summed E-state index contributed by atoms with van der Waals surface area (Å²) in [6.07, 6.45) is 3.11. The molecule has 2 saturated heterocycles. The molecule has 23 heavy (non-hydrogen) atoms. The third-order valence-corrected chi connectivity index (χ3v) is 4.44. The number of amides is 2. The van der Waals surface area contributed by atoms with E-state index in [1.54, 1.807) is 24.0 Å². The Morgan fingerprint density at radius 3 is 3.00 bits per heavy atom. The molecule has 4 rings (SSSR count). The van der Waals surface area contributed by atoms with Crippen molar-refractivity contribution in [1.29, 1.82) is 0 Å². The van der Waals surface area contributed by atoms with E-state index in [9.17, 15) is 9.59 Å². The van der Waals surface area contributed by atoms with Crippen LogP contribution in [-0.4, -0.2) is 50.4 Å². The first-order valence-electron chi connectivity index (χ1n) is 7.62. The highest BCUT2D eigenvalue weighted by Gasteiger charge is 2.46. The van der Waals surface area contributed by atoms with Gasteiger partial charge in [0.1, 0.15) is 18.6 Å². The summed E-state index contributed by atoms with van der Waals surface area (Å²) >= 11 is 0. The van der Waals surface area contributed by atoms with Gasteiger partial charge in [0.15, 0.2) is 5.76 Å². The van der Waals surface area contributed by atoms with E-state index in [-0.39, 0.29) is 30.3 Å². The van der Waals surface area contributed by atoms with Crippen LogP contribution in [0.3, 0.4) is 0 Å². The minimum Gasteiger partial charge on any atom is -0.461 e. The number of piperazine rings is 1. The van der Waals surface area contributed by atoms with Crippen LogP contribution in [0.4, 0.5) is 0 Å². The molecule has 8 heteroatoms. The van der Waals surface area contributed by atoms with Crippen LogP contribution in [0, 0.1) is 0 Å². The van der Waals surface area contributed by atoms with Gasteiger partial charge in [0.25, 0.3) is 0 Å². The molecule has 2 aromatic rings. The van der Waals surface area contributed by atoms with E-state index in [1.165, 1.54) is 11.2 Å². The second-order valence-corrected chi connectivity index (χ2v) is 5.82.